The second-order valence-corrected chi connectivity index (χ2v) is 6.72. The van der Waals surface area contributed by atoms with Crippen molar-refractivity contribution >= 4 is 34.8 Å². The smallest absolute Gasteiger partial charge is 0.305 e. The fourth-order valence-electron chi connectivity index (χ4n) is 2.02. The largest absolute Gasteiger partial charge is 0.486 e. The zero-order valence-electron chi connectivity index (χ0n) is 14.0. The van der Waals surface area contributed by atoms with Crippen molar-refractivity contribution in [3.05, 3.63) is 44.9 Å². The zero-order valence-corrected chi connectivity index (χ0v) is 15.6. The van der Waals surface area contributed by atoms with Crippen molar-refractivity contribution in [2.45, 2.75) is 26.4 Å². The SMILES string of the molecule is COC(=O)CCCNC(=O)c1sc(COc2ccc(Cl)cc2)nc1C. The molecule has 1 heterocycles. The number of nitrogens with one attached hydrogen (secondary N) is 1. The van der Waals surface area contributed by atoms with Crippen LogP contribution in [-0.4, -0.2) is 30.5 Å². The van der Waals surface area contributed by atoms with Gasteiger partial charge < -0.3 is 14.8 Å². The van der Waals surface area contributed by atoms with E-state index < -0.39 is 0 Å². The molecule has 0 atom stereocenters. The van der Waals surface area contributed by atoms with E-state index in [1.54, 1.807) is 31.2 Å². The molecule has 0 aliphatic rings. The van der Waals surface area contributed by atoms with Crippen LogP contribution in [0.15, 0.2) is 24.3 Å². The van der Waals surface area contributed by atoms with E-state index in [-0.39, 0.29) is 24.9 Å². The number of rotatable bonds is 8. The van der Waals surface area contributed by atoms with Gasteiger partial charge in [-0.1, -0.05) is 11.6 Å². The Hall–Kier alpha value is -2.12. The molecule has 25 heavy (non-hydrogen) atoms. The summed E-state index contributed by atoms with van der Waals surface area (Å²) < 4.78 is 10.2. The van der Waals surface area contributed by atoms with Gasteiger partial charge in [0.05, 0.1) is 12.8 Å². The first-order valence-electron chi connectivity index (χ1n) is 7.69. The second-order valence-electron chi connectivity index (χ2n) is 5.20. The van der Waals surface area contributed by atoms with E-state index in [1.807, 2.05) is 0 Å². The van der Waals surface area contributed by atoms with E-state index in [0.717, 1.165) is 0 Å². The first-order chi connectivity index (χ1) is 12.0. The lowest BCUT2D eigenvalue weighted by molar-refractivity contribution is -0.140. The van der Waals surface area contributed by atoms with E-state index in [1.165, 1.54) is 18.4 Å². The predicted molar refractivity (Wildman–Crippen MR) is 96.2 cm³/mol. The Morgan fingerprint density at radius 1 is 1.28 bits per heavy atom. The third kappa shape index (κ3) is 6.03. The molecule has 0 bridgehead atoms. The van der Waals surface area contributed by atoms with Crippen LogP contribution in [0.25, 0.3) is 0 Å². The predicted octanol–water partition coefficient (Wildman–Crippen LogP) is 3.37. The molecule has 6 nitrogen and oxygen atoms in total. The normalized spacial score (nSPS) is 10.4. The topological polar surface area (TPSA) is 77.5 Å². The lowest BCUT2D eigenvalue weighted by Gasteiger charge is -2.04. The summed E-state index contributed by atoms with van der Waals surface area (Å²) in [7, 11) is 1.34. The molecule has 0 aliphatic heterocycles. The summed E-state index contributed by atoms with van der Waals surface area (Å²) in [5.41, 5.74) is 0.658. The third-order valence-corrected chi connectivity index (χ3v) is 4.68. The highest BCUT2D eigenvalue weighted by atomic mass is 35.5. The van der Waals surface area contributed by atoms with Crippen molar-refractivity contribution in [1.82, 2.24) is 10.3 Å². The highest BCUT2D eigenvalue weighted by Crippen LogP contribution is 2.21. The van der Waals surface area contributed by atoms with Gasteiger partial charge in [0.25, 0.3) is 5.91 Å². The van der Waals surface area contributed by atoms with Gasteiger partial charge in [0.15, 0.2) is 0 Å². The zero-order chi connectivity index (χ0) is 18.2. The Kier molecular flexibility index (Phi) is 7.21. The summed E-state index contributed by atoms with van der Waals surface area (Å²) >= 11 is 7.12. The number of methoxy groups -OCH3 is 1. The first-order valence-corrected chi connectivity index (χ1v) is 8.88. The molecule has 2 aromatic rings. The molecule has 2 rings (SSSR count). The highest BCUT2D eigenvalue weighted by molar-refractivity contribution is 7.13. The lowest BCUT2D eigenvalue weighted by Crippen LogP contribution is -2.24. The molecule has 1 aromatic carbocycles. The summed E-state index contributed by atoms with van der Waals surface area (Å²) in [4.78, 5) is 28.1. The number of benzene rings is 1. The van der Waals surface area contributed by atoms with Gasteiger partial charge in [0, 0.05) is 18.0 Å². The minimum atomic E-state index is -0.287. The molecular weight excluding hydrogens is 364 g/mol. The van der Waals surface area contributed by atoms with Crippen molar-refractivity contribution < 1.29 is 19.1 Å². The number of hydrogen-bond donors (Lipinski definition) is 1. The third-order valence-electron chi connectivity index (χ3n) is 3.29. The number of aryl methyl sites for hydroxylation is 1. The summed E-state index contributed by atoms with van der Waals surface area (Å²) in [5.74, 6) is 0.202. The molecule has 0 aliphatic carbocycles. The van der Waals surface area contributed by atoms with Crippen LogP contribution in [0.2, 0.25) is 5.02 Å². The second kappa shape index (κ2) is 9.39. The fourth-order valence-corrected chi connectivity index (χ4v) is 3.04. The van der Waals surface area contributed by atoms with Gasteiger partial charge in [-0.05, 0) is 37.6 Å². The van der Waals surface area contributed by atoms with Gasteiger partial charge in [0.2, 0.25) is 0 Å². The molecule has 1 amide bonds. The van der Waals surface area contributed by atoms with Crippen LogP contribution in [0.1, 0.15) is 33.2 Å². The molecule has 1 aromatic heterocycles. The summed E-state index contributed by atoms with van der Waals surface area (Å²) in [6.07, 6.45) is 0.807. The molecule has 0 unspecified atom stereocenters. The number of hydrogen-bond acceptors (Lipinski definition) is 6. The molecule has 0 saturated heterocycles. The summed E-state index contributed by atoms with van der Waals surface area (Å²) in [5, 5.41) is 4.14. The Balaban J connectivity index is 1.84. The van der Waals surface area contributed by atoms with Crippen LogP contribution in [0.5, 0.6) is 5.75 Å². The van der Waals surface area contributed by atoms with Crippen LogP contribution >= 0.6 is 22.9 Å². The standard InChI is InChI=1S/C17H19ClN2O4S/c1-11-16(17(22)19-9-3-4-15(21)23-2)25-14(20-11)10-24-13-7-5-12(18)6-8-13/h5-8H,3-4,9-10H2,1-2H3,(H,19,22). The lowest BCUT2D eigenvalue weighted by atomic mass is 10.3. The van der Waals surface area contributed by atoms with E-state index in [4.69, 9.17) is 16.3 Å². The van der Waals surface area contributed by atoms with E-state index in [0.29, 0.717) is 39.3 Å². The van der Waals surface area contributed by atoms with E-state index in [9.17, 15) is 9.59 Å². The molecule has 0 saturated carbocycles. The average Bonchev–Trinajstić information content (AvgIpc) is 2.98. The van der Waals surface area contributed by atoms with Crippen molar-refractivity contribution in [2.75, 3.05) is 13.7 Å². The number of amides is 1. The van der Waals surface area contributed by atoms with Gasteiger partial charge in [-0.2, -0.15) is 0 Å². The molecule has 0 spiro atoms. The number of ether oxygens (including phenoxy) is 2. The van der Waals surface area contributed by atoms with Crippen molar-refractivity contribution in [3.8, 4) is 5.75 Å². The van der Waals surface area contributed by atoms with Gasteiger partial charge >= 0.3 is 5.97 Å². The minimum Gasteiger partial charge on any atom is -0.486 e. The Morgan fingerprint density at radius 3 is 2.68 bits per heavy atom. The number of esters is 1. The van der Waals surface area contributed by atoms with Crippen molar-refractivity contribution in [2.24, 2.45) is 0 Å². The maximum absolute atomic E-state index is 12.2. The van der Waals surface area contributed by atoms with E-state index in [2.05, 4.69) is 15.0 Å². The van der Waals surface area contributed by atoms with Crippen molar-refractivity contribution in [3.63, 3.8) is 0 Å². The number of aromatic nitrogens is 1. The van der Waals surface area contributed by atoms with Gasteiger partial charge in [0.1, 0.15) is 22.2 Å². The van der Waals surface area contributed by atoms with Crippen LogP contribution < -0.4 is 10.1 Å². The first kappa shape index (κ1) is 19.2. The van der Waals surface area contributed by atoms with Crippen LogP contribution in [0, 0.1) is 6.92 Å². The molecule has 8 heteroatoms. The summed E-state index contributed by atoms with van der Waals surface area (Å²) in [6.45, 7) is 2.47. The fraction of sp³-hybridized carbons (Fsp3) is 0.353. The Labute approximate surface area is 155 Å². The van der Waals surface area contributed by atoms with Crippen LogP contribution in [0.3, 0.4) is 0 Å². The van der Waals surface area contributed by atoms with Crippen molar-refractivity contribution in [1.29, 1.82) is 0 Å². The molecule has 134 valence electrons. The Bertz CT molecular complexity index is 731. The minimum absolute atomic E-state index is 0.197. The number of thiazole rings is 1. The number of carbonyl (C=O) groups is 2. The summed E-state index contributed by atoms with van der Waals surface area (Å²) in [6, 6.07) is 7.05. The highest BCUT2D eigenvalue weighted by Gasteiger charge is 2.15. The molecule has 0 radical (unpaired) electrons. The molecular formula is C17H19ClN2O4S. The number of nitrogens with zero attached hydrogens (tertiary/aromatic N) is 1. The number of halogens is 1. The maximum atomic E-state index is 12.2. The molecule has 1 N–H and O–H groups in total. The molecule has 0 fully saturated rings. The Morgan fingerprint density at radius 2 is 2.00 bits per heavy atom. The quantitative estimate of drug-likeness (QED) is 0.559. The van der Waals surface area contributed by atoms with Crippen LogP contribution in [0.4, 0.5) is 0 Å². The monoisotopic (exact) mass is 382 g/mol. The van der Waals surface area contributed by atoms with Gasteiger partial charge in [-0.15, -0.1) is 11.3 Å². The van der Waals surface area contributed by atoms with Crippen LogP contribution in [-0.2, 0) is 16.1 Å². The average molecular weight is 383 g/mol. The number of carbonyl (C=O) groups excluding carboxylic acids is 2. The van der Waals surface area contributed by atoms with Gasteiger partial charge in [-0.25, -0.2) is 4.98 Å². The van der Waals surface area contributed by atoms with E-state index >= 15 is 0 Å². The van der Waals surface area contributed by atoms with Gasteiger partial charge in [-0.3, -0.25) is 9.59 Å². The maximum Gasteiger partial charge on any atom is 0.305 e.